The van der Waals surface area contributed by atoms with E-state index < -0.39 is 0 Å². The van der Waals surface area contributed by atoms with E-state index in [0.29, 0.717) is 11.4 Å². The molecule has 4 nitrogen and oxygen atoms in total. The molecule has 0 unspecified atom stereocenters. The van der Waals surface area contributed by atoms with Crippen LogP contribution in [0, 0.1) is 6.92 Å². The monoisotopic (exact) mass is 156 g/mol. The second-order valence-electron chi connectivity index (χ2n) is 2.76. The molecule has 62 valence electrons. The van der Waals surface area contributed by atoms with Crippen molar-refractivity contribution in [3.8, 4) is 0 Å². The summed E-state index contributed by atoms with van der Waals surface area (Å²) in [4.78, 5) is 11.0. The van der Waals surface area contributed by atoms with Gasteiger partial charge in [-0.2, -0.15) is 5.16 Å². The molecule has 1 heterocycles. The number of rotatable bonds is 2. The van der Waals surface area contributed by atoms with Crippen molar-refractivity contribution in [3.63, 3.8) is 0 Å². The predicted molar refractivity (Wildman–Crippen MR) is 42.8 cm³/mol. The van der Waals surface area contributed by atoms with Gasteiger partial charge in [-0.3, -0.25) is 4.79 Å². The molecule has 0 amide bonds. The molecular weight excluding hydrogens is 144 g/mol. The van der Waals surface area contributed by atoms with Crippen LogP contribution in [-0.4, -0.2) is 11.2 Å². The minimum absolute atomic E-state index is 0.198. The Labute approximate surface area is 64.6 Å². The molecule has 0 aliphatic rings. The number of aromatic nitrogens is 1. The number of anilines is 1. The van der Waals surface area contributed by atoms with Crippen molar-refractivity contribution in [2.24, 2.45) is 0 Å². The van der Waals surface area contributed by atoms with Gasteiger partial charge in [0.1, 0.15) is 5.69 Å². The van der Waals surface area contributed by atoms with Crippen LogP contribution in [0.4, 0.5) is 5.69 Å². The summed E-state index contributed by atoms with van der Waals surface area (Å²) in [6, 6.07) is 0.243. The Balaban J connectivity index is 2.92. The van der Waals surface area contributed by atoms with Gasteiger partial charge in [0, 0.05) is 6.04 Å². The Bertz CT molecular complexity index is 285. The molecule has 0 saturated heterocycles. The molecule has 0 saturated carbocycles. The van der Waals surface area contributed by atoms with Gasteiger partial charge in [0.2, 0.25) is 0 Å². The topological polar surface area (TPSA) is 58.0 Å². The largest absolute Gasteiger partial charge is 0.382 e. The first-order chi connectivity index (χ1) is 5.11. The molecule has 0 aliphatic carbocycles. The summed E-state index contributed by atoms with van der Waals surface area (Å²) in [5.41, 5.74) is 0.330. The predicted octanol–water partition coefficient (Wildman–Crippen LogP) is 1.10. The van der Waals surface area contributed by atoms with Gasteiger partial charge in [0.25, 0.3) is 0 Å². The molecule has 0 spiro atoms. The summed E-state index contributed by atoms with van der Waals surface area (Å²) in [5, 5.41) is 5.23. The highest BCUT2D eigenvalue weighted by Gasteiger charge is 2.07. The number of hydrogen-bond donors (Lipinski definition) is 2. The first-order valence-corrected chi connectivity index (χ1v) is 3.56. The van der Waals surface area contributed by atoms with Crippen LogP contribution in [0.15, 0.2) is 9.32 Å². The number of nitrogens with one attached hydrogen (secondary N) is 2. The molecule has 1 aromatic heterocycles. The van der Waals surface area contributed by atoms with Crippen molar-refractivity contribution in [3.05, 3.63) is 16.1 Å². The lowest BCUT2D eigenvalue weighted by Gasteiger charge is -2.05. The van der Waals surface area contributed by atoms with Crippen LogP contribution >= 0.6 is 0 Å². The lowest BCUT2D eigenvalue weighted by molar-refractivity contribution is 0.392. The minimum Gasteiger partial charge on any atom is -0.382 e. The maximum Gasteiger partial charge on any atom is 0.303 e. The van der Waals surface area contributed by atoms with E-state index in [1.165, 1.54) is 0 Å². The summed E-state index contributed by atoms with van der Waals surface area (Å²) in [6.07, 6.45) is 0. The summed E-state index contributed by atoms with van der Waals surface area (Å²) in [6.45, 7) is 5.67. The van der Waals surface area contributed by atoms with E-state index in [1.807, 2.05) is 13.8 Å². The lowest BCUT2D eigenvalue weighted by Crippen LogP contribution is -2.16. The van der Waals surface area contributed by atoms with E-state index in [9.17, 15) is 4.79 Å². The zero-order valence-corrected chi connectivity index (χ0v) is 6.89. The van der Waals surface area contributed by atoms with Gasteiger partial charge in [0.05, 0.1) is 0 Å². The van der Waals surface area contributed by atoms with Crippen LogP contribution in [0.25, 0.3) is 0 Å². The van der Waals surface area contributed by atoms with Crippen molar-refractivity contribution < 1.29 is 4.52 Å². The lowest BCUT2D eigenvalue weighted by atomic mass is 10.3. The first-order valence-electron chi connectivity index (χ1n) is 3.56. The van der Waals surface area contributed by atoms with E-state index in [1.54, 1.807) is 6.92 Å². The van der Waals surface area contributed by atoms with Crippen molar-refractivity contribution in [1.82, 2.24) is 5.16 Å². The van der Waals surface area contributed by atoms with Gasteiger partial charge >= 0.3 is 5.56 Å². The normalized spacial score (nSPS) is 10.5. The Kier molecular flexibility index (Phi) is 2.03. The maximum absolute atomic E-state index is 11.0. The molecule has 0 radical (unpaired) electrons. The zero-order chi connectivity index (χ0) is 8.43. The van der Waals surface area contributed by atoms with Gasteiger partial charge in [-0.15, -0.1) is 0 Å². The van der Waals surface area contributed by atoms with E-state index in [4.69, 9.17) is 4.52 Å². The third kappa shape index (κ3) is 1.63. The average molecular weight is 156 g/mol. The quantitative estimate of drug-likeness (QED) is 0.674. The second kappa shape index (κ2) is 2.82. The summed E-state index contributed by atoms with van der Waals surface area (Å²) < 4.78 is 4.80. The van der Waals surface area contributed by atoms with Crippen LogP contribution in [0.2, 0.25) is 0 Å². The Morgan fingerprint density at radius 1 is 1.55 bits per heavy atom. The number of hydrogen-bond acceptors (Lipinski definition) is 3. The Morgan fingerprint density at radius 2 is 2.18 bits per heavy atom. The number of H-pyrrole nitrogens is 1. The molecule has 1 rings (SSSR count). The van der Waals surface area contributed by atoms with Crippen LogP contribution in [-0.2, 0) is 0 Å². The third-order valence-electron chi connectivity index (χ3n) is 1.31. The molecule has 0 fully saturated rings. The molecule has 0 aromatic carbocycles. The fourth-order valence-corrected chi connectivity index (χ4v) is 0.841. The van der Waals surface area contributed by atoms with Gasteiger partial charge < -0.3 is 9.84 Å². The van der Waals surface area contributed by atoms with Crippen LogP contribution in [0.3, 0.4) is 0 Å². The highest BCUT2D eigenvalue weighted by molar-refractivity contribution is 5.43. The van der Waals surface area contributed by atoms with Crippen LogP contribution in [0.1, 0.15) is 19.6 Å². The average Bonchev–Trinajstić information content (AvgIpc) is 2.18. The Hall–Kier alpha value is -1.19. The van der Waals surface area contributed by atoms with E-state index in [2.05, 4.69) is 10.5 Å². The zero-order valence-electron chi connectivity index (χ0n) is 6.89. The maximum atomic E-state index is 11.0. The molecule has 0 atom stereocenters. The van der Waals surface area contributed by atoms with Crippen molar-refractivity contribution in [2.45, 2.75) is 26.8 Å². The molecule has 0 aliphatic heterocycles. The van der Waals surface area contributed by atoms with E-state index in [0.717, 1.165) is 0 Å². The highest BCUT2D eigenvalue weighted by atomic mass is 16.5. The van der Waals surface area contributed by atoms with E-state index in [-0.39, 0.29) is 11.6 Å². The highest BCUT2D eigenvalue weighted by Crippen LogP contribution is 2.07. The van der Waals surface area contributed by atoms with Gasteiger partial charge in [-0.05, 0) is 20.8 Å². The van der Waals surface area contributed by atoms with Crippen molar-refractivity contribution in [1.29, 1.82) is 0 Å². The molecule has 2 N–H and O–H groups in total. The first kappa shape index (κ1) is 7.91. The SMILES string of the molecule is Cc1o[nH]c(=O)c1NC(C)C. The smallest absolute Gasteiger partial charge is 0.303 e. The summed E-state index contributed by atoms with van der Waals surface area (Å²) in [7, 11) is 0. The van der Waals surface area contributed by atoms with Gasteiger partial charge in [0.15, 0.2) is 5.76 Å². The molecule has 1 aromatic rings. The van der Waals surface area contributed by atoms with Crippen LogP contribution < -0.4 is 10.9 Å². The second-order valence-corrected chi connectivity index (χ2v) is 2.76. The molecular formula is C7H12N2O2. The standard InChI is InChI=1S/C7H12N2O2/c1-4(2)8-6-5(3)11-9-7(6)10/h4,8H,1-3H3,(H,9,10). The Morgan fingerprint density at radius 3 is 2.55 bits per heavy atom. The summed E-state index contributed by atoms with van der Waals surface area (Å²) in [5.74, 6) is 0.601. The fourth-order valence-electron chi connectivity index (χ4n) is 0.841. The van der Waals surface area contributed by atoms with E-state index >= 15 is 0 Å². The number of aromatic amines is 1. The molecule has 0 bridgehead atoms. The fraction of sp³-hybridized carbons (Fsp3) is 0.571. The van der Waals surface area contributed by atoms with Crippen LogP contribution in [0.5, 0.6) is 0 Å². The van der Waals surface area contributed by atoms with Crippen molar-refractivity contribution in [2.75, 3.05) is 5.32 Å². The molecule has 11 heavy (non-hydrogen) atoms. The van der Waals surface area contributed by atoms with Crippen molar-refractivity contribution >= 4 is 5.69 Å². The molecule has 4 heteroatoms. The van der Waals surface area contributed by atoms with Gasteiger partial charge in [-0.25, -0.2) is 0 Å². The third-order valence-corrected chi connectivity index (χ3v) is 1.31. The van der Waals surface area contributed by atoms with Gasteiger partial charge in [-0.1, -0.05) is 0 Å². The minimum atomic E-state index is -0.198. The summed E-state index contributed by atoms with van der Waals surface area (Å²) >= 11 is 0. The number of aryl methyl sites for hydroxylation is 1.